The highest BCUT2D eigenvalue weighted by molar-refractivity contribution is 5.81. The fraction of sp³-hybridized carbons (Fsp3) is 0.538. The molecule has 22 heavy (non-hydrogen) atoms. The van der Waals surface area contributed by atoms with E-state index in [1.54, 1.807) is 6.92 Å². The Kier molecular flexibility index (Phi) is 3.36. The zero-order chi connectivity index (χ0) is 16.0. The first kappa shape index (κ1) is 14.5. The standard InChI is InChI=1S/C13H14N2O7/c1-5-8-9(10(12(18)22-8)20-6(2)16)21-11(5)15-4-3-7(17)14-13(15)19/h3-5,8-11H,1-2H3,(H,14,17,19). The molecule has 2 saturated heterocycles. The predicted octanol–water partition coefficient (Wildman–Crippen LogP) is -1.07. The quantitative estimate of drug-likeness (QED) is 0.691. The van der Waals surface area contributed by atoms with Gasteiger partial charge in [0.05, 0.1) is 0 Å². The molecule has 0 spiro atoms. The molecule has 2 fully saturated rings. The molecule has 1 aromatic rings. The average Bonchev–Trinajstić information content (AvgIpc) is 2.89. The molecule has 2 aliphatic rings. The molecule has 5 unspecified atom stereocenters. The van der Waals surface area contributed by atoms with Crippen LogP contribution in [0.15, 0.2) is 21.9 Å². The van der Waals surface area contributed by atoms with Crippen molar-refractivity contribution in [3.8, 4) is 0 Å². The number of H-pyrrole nitrogens is 1. The van der Waals surface area contributed by atoms with Crippen LogP contribution in [0.2, 0.25) is 0 Å². The van der Waals surface area contributed by atoms with Crippen molar-refractivity contribution >= 4 is 11.9 Å². The summed E-state index contributed by atoms with van der Waals surface area (Å²) in [7, 11) is 0. The molecule has 0 bridgehead atoms. The maximum Gasteiger partial charge on any atom is 0.350 e. The van der Waals surface area contributed by atoms with Crippen molar-refractivity contribution in [3.05, 3.63) is 33.1 Å². The van der Waals surface area contributed by atoms with Gasteiger partial charge in [0.15, 0.2) is 0 Å². The summed E-state index contributed by atoms with van der Waals surface area (Å²) in [5, 5.41) is 0. The SMILES string of the molecule is CC(=O)OC1C(=O)OC2C(C)C(n3ccc(=O)[nH]c3=O)OC12. The maximum absolute atomic E-state index is 11.9. The van der Waals surface area contributed by atoms with E-state index in [1.165, 1.54) is 23.8 Å². The number of nitrogens with one attached hydrogen (secondary N) is 1. The van der Waals surface area contributed by atoms with Crippen LogP contribution in [0, 0.1) is 5.92 Å². The van der Waals surface area contributed by atoms with Crippen LogP contribution in [0.4, 0.5) is 0 Å². The molecular formula is C13H14N2O7. The Morgan fingerprint density at radius 2 is 2.05 bits per heavy atom. The second-order valence-electron chi connectivity index (χ2n) is 5.30. The molecule has 0 aliphatic carbocycles. The second kappa shape index (κ2) is 5.09. The Balaban J connectivity index is 1.90. The lowest BCUT2D eigenvalue weighted by molar-refractivity contribution is -0.166. The minimum atomic E-state index is -1.14. The van der Waals surface area contributed by atoms with Crippen molar-refractivity contribution in [1.29, 1.82) is 0 Å². The molecule has 3 heterocycles. The van der Waals surface area contributed by atoms with Gasteiger partial charge in [0.1, 0.15) is 18.4 Å². The van der Waals surface area contributed by atoms with Gasteiger partial charge in [-0.05, 0) is 0 Å². The summed E-state index contributed by atoms with van der Waals surface area (Å²) < 4.78 is 17.1. The third-order valence-corrected chi connectivity index (χ3v) is 3.79. The van der Waals surface area contributed by atoms with Crippen LogP contribution in [0.5, 0.6) is 0 Å². The van der Waals surface area contributed by atoms with E-state index in [1.807, 2.05) is 0 Å². The van der Waals surface area contributed by atoms with Gasteiger partial charge in [0, 0.05) is 25.1 Å². The molecule has 0 saturated carbocycles. The molecule has 0 amide bonds. The van der Waals surface area contributed by atoms with Crippen molar-refractivity contribution < 1.29 is 23.8 Å². The molecule has 0 aromatic carbocycles. The van der Waals surface area contributed by atoms with E-state index in [0.29, 0.717) is 0 Å². The van der Waals surface area contributed by atoms with E-state index < -0.39 is 47.7 Å². The summed E-state index contributed by atoms with van der Waals surface area (Å²) in [6, 6.07) is 1.20. The van der Waals surface area contributed by atoms with Crippen LogP contribution >= 0.6 is 0 Å². The molecular weight excluding hydrogens is 296 g/mol. The van der Waals surface area contributed by atoms with Crippen molar-refractivity contribution in [2.45, 2.75) is 38.4 Å². The van der Waals surface area contributed by atoms with Gasteiger partial charge in [-0.15, -0.1) is 0 Å². The minimum absolute atomic E-state index is 0.349. The largest absolute Gasteiger partial charge is 0.456 e. The van der Waals surface area contributed by atoms with Gasteiger partial charge in [-0.1, -0.05) is 6.92 Å². The zero-order valence-electron chi connectivity index (χ0n) is 11.8. The predicted molar refractivity (Wildman–Crippen MR) is 69.8 cm³/mol. The van der Waals surface area contributed by atoms with Crippen molar-refractivity contribution in [3.63, 3.8) is 0 Å². The Morgan fingerprint density at radius 3 is 2.68 bits per heavy atom. The fourth-order valence-electron chi connectivity index (χ4n) is 2.82. The van der Waals surface area contributed by atoms with Gasteiger partial charge in [-0.2, -0.15) is 0 Å². The highest BCUT2D eigenvalue weighted by Crippen LogP contribution is 2.41. The second-order valence-corrected chi connectivity index (χ2v) is 5.30. The van der Waals surface area contributed by atoms with Crippen LogP contribution in [-0.4, -0.2) is 39.8 Å². The summed E-state index contributed by atoms with van der Waals surface area (Å²) in [6.45, 7) is 2.93. The van der Waals surface area contributed by atoms with Crippen molar-refractivity contribution in [1.82, 2.24) is 9.55 Å². The van der Waals surface area contributed by atoms with E-state index >= 15 is 0 Å². The van der Waals surface area contributed by atoms with Crippen LogP contribution in [0.25, 0.3) is 0 Å². The number of aromatic amines is 1. The maximum atomic E-state index is 11.9. The number of ether oxygens (including phenoxy) is 3. The number of rotatable bonds is 2. The Morgan fingerprint density at radius 1 is 1.32 bits per heavy atom. The Labute approximate surface area is 123 Å². The van der Waals surface area contributed by atoms with Gasteiger partial charge >= 0.3 is 17.6 Å². The number of fused-ring (bicyclic) bond motifs is 1. The molecule has 9 nitrogen and oxygen atoms in total. The van der Waals surface area contributed by atoms with Crippen molar-refractivity contribution in [2.75, 3.05) is 0 Å². The lowest BCUT2D eigenvalue weighted by atomic mass is 10.0. The van der Waals surface area contributed by atoms with Gasteiger partial charge < -0.3 is 14.2 Å². The van der Waals surface area contributed by atoms with E-state index in [4.69, 9.17) is 14.2 Å². The molecule has 118 valence electrons. The highest BCUT2D eigenvalue weighted by atomic mass is 16.7. The fourth-order valence-corrected chi connectivity index (χ4v) is 2.82. The minimum Gasteiger partial charge on any atom is -0.456 e. The van der Waals surface area contributed by atoms with Gasteiger partial charge in [0.25, 0.3) is 5.56 Å². The summed E-state index contributed by atoms with van der Waals surface area (Å²) in [5.74, 6) is -1.63. The highest BCUT2D eigenvalue weighted by Gasteiger charge is 2.57. The molecule has 1 aromatic heterocycles. The van der Waals surface area contributed by atoms with Crippen LogP contribution < -0.4 is 11.2 Å². The first-order valence-corrected chi connectivity index (χ1v) is 6.73. The van der Waals surface area contributed by atoms with Gasteiger partial charge in [-0.25, -0.2) is 9.59 Å². The number of nitrogens with zero attached hydrogens (tertiary/aromatic N) is 1. The third kappa shape index (κ3) is 2.23. The molecule has 3 rings (SSSR count). The van der Waals surface area contributed by atoms with Crippen LogP contribution in [0.1, 0.15) is 20.1 Å². The monoisotopic (exact) mass is 310 g/mol. The van der Waals surface area contributed by atoms with Crippen LogP contribution in [0.3, 0.4) is 0 Å². The molecule has 2 aliphatic heterocycles. The zero-order valence-corrected chi connectivity index (χ0v) is 11.8. The van der Waals surface area contributed by atoms with E-state index in [9.17, 15) is 19.2 Å². The molecule has 5 atom stereocenters. The Bertz CT molecular complexity index is 736. The number of carbonyl (C=O) groups excluding carboxylic acids is 2. The van der Waals surface area contributed by atoms with E-state index in [2.05, 4.69) is 4.98 Å². The number of hydrogen-bond donors (Lipinski definition) is 1. The smallest absolute Gasteiger partial charge is 0.350 e. The van der Waals surface area contributed by atoms with Crippen molar-refractivity contribution in [2.24, 2.45) is 5.92 Å². The van der Waals surface area contributed by atoms with Gasteiger partial charge in [-0.3, -0.25) is 19.1 Å². The third-order valence-electron chi connectivity index (χ3n) is 3.79. The number of carbonyl (C=O) groups is 2. The summed E-state index contributed by atoms with van der Waals surface area (Å²) in [6.07, 6.45) is -1.97. The Hall–Kier alpha value is -2.42. The summed E-state index contributed by atoms with van der Waals surface area (Å²) in [5.41, 5.74) is -1.14. The molecule has 0 radical (unpaired) electrons. The number of aromatic nitrogens is 2. The van der Waals surface area contributed by atoms with E-state index in [-0.39, 0.29) is 5.92 Å². The number of hydrogen-bond acceptors (Lipinski definition) is 7. The summed E-state index contributed by atoms with van der Waals surface area (Å²) in [4.78, 5) is 47.9. The van der Waals surface area contributed by atoms with Gasteiger partial charge in [0.2, 0.25) is 6.10 Å². The summed E-state index contributed by atoms with van der Waals surface area (Å²) >= 11 is 0. The lowest BCUT2D eigenvalue weighted by Crippen LogP contribution is -2.36. The normalized spacial score (nSPS) is 33.4. The topological polar surface area (TPSA) is 117 Å². The van der Waals surface area contributed by atoms with Crippen LogP contribution in [-0.2, 0) is 23.8 Å². The first-order valence-electron chi connectivity index (χ1n) is 6.73. The molecule has 1 N–H and O–H groups in total. The van der Waals surface area contributed by atoms with E-state index in [0.717, 1.165) is 0 Å². The molecule has 9 heteroatoms. The average molecular weight is 310 g/mol. The lowest BCUT2D eigenvalue weighted by Gasteiger charge is -2.20. The number of esters is 2. The first-order chi connectivity index (χ1) is 10.4.